The highest BCUT2D eigenvalue weighted by Crippen LogP contribution is 1.81. The predicted octanol–water partition coefficient (Wildman–Crippen LogP) is 0.879. The molecular formula is C6H14O2S2. The lowest BCUT2D eigenvalue weighted by Gasteiger charge is -2.01. The summed E-state index contributed by atoms with van der Waals surface area (Å²) in [5, 5.41) is 0. The van der Waals surface area contributed by atoms with E-state index in [0.29, 0.717) is 26.4 Å². The number of hydrogen-bond acceptors (Lipinski definition) is 4. The highest BCUT2D eigenvalue weighted by Gasteiger charge is 1.86. The van der Waals surface area contributed by atoms with Crippen molar-refractivity contribution >= 4 is 25.3 Å². The van der Waals surface area contributed by atoms with Gasteiger partial charge in [0.25, 0.3) is 0 Å². The van der Waals surface area contributed by atoms with Crippen LogP contribution in [0.2, 0.25) is 0 Å². The van der Waals surface area contributed by atoms with E-state index in [-0.39, 0.29) is 0 Å². The molecule has 0 aromatic rings. The molecule has 0 aromatic heterocycles. The van der Waals surface area contributed by atoms with Gasteiger partial charge in [0.15, 0.2) is 0 Å². The van der Waals surface area contributed by atoms with Crippen molar-refractivity contribution in [3.05, 3.63) is 0 Å². The summed E-state index contributed by atoms with van der Waals surface area (Å²) in [6, 6.07) is 0. The van der Waals surface area contributed by atoms with Crippen LogP contribution in [0.15, 0.2) is 0 Å². The molecule has 0 saturated carbocycles. The maximum atomic E-state index is 5.10. The van der Waals surface area contributed by atoms with Crippen LogP contribution in [0.1, 0.15) is 0 Å². The summed E-state index contributed by atoms with van der Waals surface area (Å²) in [5.41, 5.74) is 0. The van der Waals surface area contributed by atoms with Crippen molar-refractivity contribution in [3.8, 4) is 0 Å². The average Bonchev–Trinajstić information content (AvgIpc) is 1.97. The van der Waals surface area contributed by atoms with Gasteiger partial charge in [0.1, 0.15) is 0 Å². The first kappa shape index (κ1) is 10.6. The van der Waals surface area contributed by atoms with Crippen LogP contribution in [0, 0.1) is 0 Å². The fourth-order valence-electron chi connectivity index (χ4n) is 0.451. The minimum atomic E-state index is 0.661. The molecule has 0 saturated heterocycles. The minimum Gasteiger partial charge on any atom is -0.378 e. The Balaban J connectivity index is 2.65. The van der Waals surface area contributed by atoms with Gasteiger partial charge in [-0.05, 0) is 0 Å². The summed E-state index contributed by atoms with van der Waals surface area (Å²) in [6.45, 7) is 2.73. The summed E-state index contributed by atoms with van der Waals surface area (Å²) in [4.78, 5) is 0. The first-order chi connectivity index (χ1) is 4.91. The molecule has 2 nitrogen and oxygen atoms in total. The van der Waals surface area contributed by atoms with E-state index in [4.69, 9.17) is 9.47 Å². The Hall–Kier alpha value is 0.620. The molecule has 0 N–H and O–H groups in total. The van der Waals surface area contributed by atoms with Crippen LogP contribution in [0.5, 0.6) is 0 Å². The molecule has 0 spiro atoms. The summed E-state index contributed by atoms with van der Waals surface area (Å²) in [7, 11) is 0. The van der Waals surface area contributed by atoms with Gasteiger partial charge in [0.05, 0.1) is 26.4 Å². The number of hydrogen-bond donors (Lipinski definition) is 2. The maximum absolute atomic E-state index is 5.10. The summed E-state index contributed by atoms with van der Waals surface area (Å²) in [6.07, 6.45) is 0. The molecule has 0 aliphatic heterocycles. The lowest BCUT2D eigenvalue weighted by Crippen LogP contribution is -2.07. The van der Waals surface area contributed by atoms with E-state index < -0.39 is 0 Å². The second kappa shape index (κ2) is 9.62. The molecule has 0 aromatic carbocycles. The number of rotatable bonds is 7. The molecular weight excluding hydrogens is 168 g/mol. The third kappa shape index (κ3) is 8.62. The molecule has 0 amide bonds. The summed E-state index contributed by atoms with van der Waals surface area (Å²) >= 11 is 7.97. The molecule has 0 aliphatic rings. The van der Waals surface area contributed by atoms with Crippen molar-refractivity contribution < 1.29 is 9.47 Å². The Morgan fingerprint density at radius 2 is 1.10 bits per heavy atom. The molecule has 4 heteroatoms. The van der Waals surface area contributed by atoms with E-state index in [1.807, 2.05) is 0 Å². The van der Waals surface area contributed by atoms with E-state index in [1.54, 1.807) is 0 Å². The fraction of sp³-hybridized carbons (Fsp3) is 1.00. The smallest absolute Gasteiger partial charge is 0.0700 e. The number of thiol groups is 2. The van der Waals surface area contributed by atoms with E-state index in [1.165, 1.54) is 0 Å². The molecule has 0 heterocycles. The van der Waals surface area contributed by atoms with Crippen molar-refractivity contribution in [1.29, 1.82) is 0 Å². The van der Waals surface area contributed by atoms with Crippen LogP contribution in [0.4, 0.5) is 0 Å². The van der Waals surface area contributed by atoms with Gasteiger partial charge in [0, 0.05) is 11.5 Å². The zero-order chi connectivity index (χ0) is 7.66. The molecule has 10 heavy (non-hydrogen) atoms. The minimum absolute atomic E-state index is 0.661. The molecule has 0 fully saturated rings. The van der Waals surface area contributed by atoms with Gasteiger partial charge in [-0.15, -0.1) is 0 Å². The van der Waals surface area contributed by atoms with E-state index >= 15 is 0 Å². The largest absolute Gasteiger partial charge is 0.378 e. The van der Waals surface area contributed by atoms with Crippen LogP contribution < -0.4 is 0 Å². The van der Waals surface area contributed by atoms with Crippen molar-refractivity contribution in [3.63, 3.8) is 0 Å². The Bertz CT molecular complexity index is 53.7. The van der Waals surface area contributed by atoms with E-state index in [0.717, 1.165) is 11.5 Å². The van der Waals surface area contributed by atoms with Crippen molar-refractivity contribution in [2.75, 3.05) is 37.9 Å². The highest BCUT2D eigenvalue weighted by molar-refractivity contribution is 7.80. The number of ether oxygens (including phenoxy) is 2. The maximum Gasteiger partial charge on any atom is 0.0700 e. The summed E-state index contributed by atoms with van der Waals surface area (Å²) in [5.74, 6) is 1.54. The van der Waals surface area contributed by atoms with Crippen molar-refractivity contribution in [2.24, 2.45) is 0 Å². The zero-order valence-electron chi connectivity index (χ0n) is 5.95. The third-order valence-electron chi connectivity index (χ3n) is 0.843. The third-order valence-corrected chi connectivity index (χ3v) is 1.21. The highest BCUT2D eigenvalue weighted by atomic mass is 32.1. The van der Waals surface area contributed by atoms with E-state index in [2.05, 4.69) is 25.3 Å². The van der Waals surface area contributed by atoms with E-state index in [9.17, 15) is 0 Å². The molecule has 0 atom stereocenters. The Morgan fingerprint density at radius 1 is 0.700 bits per heavy atom. The Labute approximate surface area is 73.1 Å². The Morgan fingerprint density at radius 3 is 1.40 bits per heavy atom. The quantitative estimate of drug-likeness (QED) is 0.450. The molecule has 0 radical (unpaired) electrons. The zero-order valence-corrected chi connectivity index (χ0v) is 7.74. The second-order valence-corrected chi connectivity index (χ2v) is 2.57. The lowest BCUT2D eigenvalue weighted by atomic mass is 10.7. The van der Waals surface area contributed by atoms with Crippen LogP contribution >= 0.6 is 25.3 Å². The SMILES string of the molecule is SCCOCCOCCS. The standard InChI is InChI=1S/C6H14O2S2/c9-5-3-7-1-2-8-4-6-10/h9-10H,1-6H2. The normalized spacial score (nSPS) is 10.2. The van der Waals surface area contributed by atoms with Crippen molar-refractivity contribution in [2.45, 2.75) is 0 Å². The van der Waals surface area contributed by atoms with Gasteiger partial charge < -0.3 is 9.47 Å². The summed E-state index contributed by atoms with van der Waals surface area (Å²) < 4.78 is 10.2. The van der Waals surface area contributed by atoms with Crippen LogP contribution in [-0.4, -0.2) is 37.9 Å². The predicted molar refractivity (Wildman–Crippen MR) is 49.3 cm³/mol. The monoisotopic (exact) mass is 182 g/mol. The molecule has 0 bridgehead atoms. The topological polar surface area (TPSA) is 18.5 Å². The first-order valence-electron chi connectivity index (χ1n) is 3.29. The van der Waals surface area contributed by atoms with Gasteiger partial charge in [-0.1, -0.05) is 0 Å². The van der Waals surface area contributed by atoms with Gasteiger partial charge in [0.2, 0.25) is 0 Å². The van der Waals surface area contributed by atoms with Crippen LogP contribution in [0.3, 0.4) is 0 Å². The van der Waals surface area contributed by atoms with Gasteiger partial charge in [-0.25, -0.2) is 0 Å². The Kier molecular flexibility index (Phi) is 10.2. The van der Waals surface area contributed by atoms with Crippen LogP contribution in [0.25, 0.3) is 0 Å². The lowest BCUT2D eigenvalue weighted by molar-refractivity contribution is 0.0606. The molecule has 0 aliphatic carbocycles. The fourth-order valence-corrected chi connectivity index (χ4v) is 0.709. The second-order valence-electron chi connectivity index (χ2n) is 1.67. The molecule has 0 unspecified atom stereocenters. The van der Waals surface area contributed by atoms with Gasteiger partial charge in [-0.2, -0.15) is 25.3 Å². The van der Waals surface area contributed by atoms with Crippen LogP contribution in [-0.2, 0) is 9.47 Å². The first-order valence-corrected chi connectivity index (χ1v) is 4.55. The van der Waals surface area contributed by atoms with Gasteiger partial charge >= 0.3 is 0 Å². The molecule has 0 rings (SSSR count). The average molecular weight is 182 g/mol. The molecule has 62 valence electrons. The van der Waals surface area contributed by atoms with Crippen molar-refractivity contribution in [1.82, 2.24) is 0 Å². The van der Waals surface area contributed by atoms with Gasteiger partial charge in [-0.3, -0.25) is 0 Å².